The second kappa shape index (κ2) is 8.49. The maximum Gasteiger partial charge on any atom is 0.241 e. The summed E-state index contributed by atoms with van der Waals surface area (Å²) in [4.78, 5) is 12.4. The standard InChI is InChI=1S/C20H26N2O/c1-4-15(2)18-12-8-9-13-19(18)22-20(23)16(3)21-14-17-10-6-5-7-11-17/h5-13,15-16,21H,4,14H2,1-3H3,(H,22,23)/t15-,16-/m0/s1. The Kier molecular flexibility index (Phi) is 6.36. The summed E-state index contributed by atoms with van der Waals surface area (Å²) in [6.45, 7) is 6.92. The Morgan fingerprint density at radius 1 is 1.00 bits per heavy atom. The van der Waals surface area contributed by atoms with Gasteiger partial charge in [0.05, 0.1) is 6.04 Å². The van der Waals surface area contributed by atoms with Crippen LogP contribution in [0.15, 0.2) is 54.6 Å². The molecule has 0 aliphatic carbocycles. The van der Waals surface area contributed by atoms with Gasteiger partial charge in [0.25, 0.3) is 0 Å². The topological polar surface area (TPSA) is 41.1 Å². The summed E-state index contributed by atoms with van der Waals surface area (Å²) in [7, 11) is 0. The summed E-state index contributed by atoms with van der Waals surface area (Å²) in [6, 6.07) is 17.9. The molecule has 0 radical (unpaired) electrons. The van der Waals surface area contributed by atoms with Gasteiger partial charge < -0.3 is 10.6 Å². The molecule has 2 aromatic carbocycles. The molecule has 1 amide bonds. The molecule has 2 N–H and O–H groups in total. The van der Waals surface area contributed by atoms with Gasteiger partial charge in [0.2, 0.25) is 5.91 Å². The number of carbonyl (C=O) groups is 1. The van der Waals surface area contributed by atoms with E-state index in [1.807, 2.05) is 43.3 Å². The Bertz CT molecular complexity index is 625. The Hall–Kier alpha value is -2.13. The highest BCUT2D eigenvalue weighted by atomic mass is 16.2. The molecular weight excluding hydrogens is 284 g/mol. The number of rotatable bonds is 7. The van der Waals surface area contributed by atoms with Crippen molar-refractivity contribution in [2.75, 3.05) is 5.32 Å². The molecule has 0 aliphatic rings. The predicted molar refractivity (Wildman–Crippen MR) is 96.5 cm³/mol. The number of hydrogen-bond acceptors (Lipinski definition) is 2. The van der Waals surface area contributed by atoms with Gasteiger partial charge in [-0.05, 0) is 36.5 Å². The summed E-state index contributed by atoms with van der Waals surface area (Å²) >= 11 is 0. The molecule has 2 rings (SSSR count). The van der Waals surface area contributed by atoms with Gasteiger partial charge in [0.15, 0.2) is 0 Å². The molecule has 0 fully saturated rings. The minimum Gasteiger partial charge on any atom is -0.324 e. The maximum absolute atomic E-state index is 12.4. The zero-order valence-corrected chi connectivity index (χ0v) is 14.2. The van der Waals surface area contributed by atoms with Crippen LogP contribution in [0.3, 0.4) is 0 Å². The predicted octanol–water partition coefficient (Wildman–Crippen LogP) is 4.32. The number of amides is 1. The highest BCUT2D eigenvalue weighted by Crippen LogP contribution is 2.26. The van der Waals surface area contributed by atoms with Gasteiger partial charge in [-0.2, -0.15) is 0 Å². The summed E-state index contributed by atoms with van der Waals surface area (Å²) in [5.41, 5.74) is 3.28. The lowest BCUT2D eigenvalue weighted by Crippen LogP contribution is -2.37. The monoisotopic (exact) mass is 310 g/mol. The summed E-state index contributed by atoms with van der Waals surface area (Å²) < 4.78 is 0. The van der Waals surface area contributed by atoms with E-state index in [-0.39, 0.29) is 11.9 Å². The van der Waals surface area contributed by atoms with Crippen LogP contribution in [0.2, 0.25) is 0 Å². The molecule has 0 aliphatic heterocycles. The van der Waals surface area contributed by atoms with Crippen molar-refractivity contribution in [2.45, 2.75) is 45.7 Å². The van der Waals surface area contributed by atoms with Gasteiger partial charge in [-0.3, -0.25) is 4.79 Å². The maximum atomic E-state index is 12.4. The molecule has 3 nitrogen and oxygen atoms in total. The summed E-state index contributed by atoms with van der Waals surface area (Å²) in [6.07, 6.45) is 1.05. The lowest BCUT2D eigenvalue weighted by atomic mass is 9.97. The second-order valence-electron chi connectivity index (χ2n) is 5.97. The molecule has 122 valence electrons. The Morgan fingerprint density at radius 2 is 1.65 bits per heavy atom. The molecule has 0 bridgehead atoms. The van der Waals surface area contributed by atoms with E-state index in [1.54, 1.807) is 0 Å². The van der Waals surface area contributed by atoms with Crippen molar-refractivity contribution in [3.63, 3.8) is 0 Å². The smallest absolute Gasteiger partial charge is 0.241 e. The van der Waals surface area contributed by atoms with Gasteiger partial charge in [-0.15, -0.1) is 0 Å². The molecule has 0 heterocycles. The number of nitrogens with one attached hydrogen (secondary N) is 2. The average molecular weight is 310 g/mol. The molecule has 0 saturated carbocycles. The van der Waals surface area contributed by atoms with Gasteiger partial charge in [-0.25, -0.2) is 0 Å². The molecule has 3 heteroatoms. The molecule has 2 aromatic rings. The summed E-state index contributed by atoms with van der Waals surface area (Å²) in [5, 5.41) is 6.33. The second-order valence-corrected chi connectivity index (χ2v) is 5.97. The van der Waals surface area contributed by atoms with Crippen LogP contribution in [-0.2, 0) is 11.3 Å². The Morgan fingerprint density at radius 3 is 2.35 bits per heavy atom. The minimum absolute atomic E-state index is 0.00307. The third kappa shape index (κ3) is 4.93. The lowest BCUT2D eigenvalue weighted by molar-refractivity contribution is -0.117. The van der Waals surface area contributed by atoms with E-state index in [4.69, 9.17) is 0 Å². The molecule has 0 unspecified atom stereocenters. The quantitative estimate of drug-likeness (QED) is 0.800. The van der Waals surface area contributed by atoms with E-state index >= 15 is 0 Å². The van der Waals surface area contributed by atoms with E-state index in [9.17, 15) is 4.79 Å². The third-order valence-electron chi connectivity index (χ3n) is 4.21. The van der Waals surface area contributed by atoms with E-state index in [0.29, 0.717) is 12.5 Å². The summed E-state index contributed by atoms with van der Waals surface area (Å²) in [5.74, 6) is 0.427. The van der Waals surface area contributed by atoms with Crippen molar-refractivity contribution in [1.29, 1.82) is 0 Å². The van der Waals surface area contributed by atoms with Crippen molar-refractivity contribution >= 4 is 11.6 Å². The first kappa shape index (κ1) is 17.2. The normalized spacial score (nSPS) is 13.3. The van der Waals surface area contributed by atoms with Crippen LogP contribution in [0, 0.1) is 0 Å². The van der Waals surface area contributed by atoms with Crippen molar-refractivity contribution in [2.24, 2.45) is 0 Å². The van der Waals surface area contributed by atoms with Crippen molar-refractivity contribution in [3.8, 4) is 0 Å². The highest BCUT2D eigenvalue weighted by Gasteiger charge is 2.15. The Balaban J connectivity index is 1.96. The van der Waals surface area contributed by atoms with Gasteiger partial charge in [0, 0.05) is 12.2 Å². The van der Waals surface area contributed by atoms with E-state index in [1.165, 1.54) is 11.1 Å². The van der Waals surface area contributed by atoms with Crippen LogP contribution in [0.1, 0.15) is 44.2 Å². The first-order valence-electron chi connectivity index (χ1n) is 8.29. The van der Waals surface area contributed by atoms with Crippen LogP contribution in [0.25, 0.3) is 0 Å². The number of para-hydroxylation sites is 1. The molecular formula is C20H26N2O. The third-order valence-corrected chi connectivity index (χ3v) is 4.21. The molecule has 2 atom stereocenters. The van der Waals surface area contributed by atoms with E-state index in [0.717, 1.165) is 12.1 Å². The van der Waals surface area contributed by atoms with Crippen LogP contribution in [0.4, 0.5) is 5.69 Å². The number of hydrogen-bond donors (Lipinski definition) is 2. The highest BCUT2D eigenvalue weighted by molar-refractivity contribution is 5.95. The molecule has 0 spiro atoms. The molecule has 0 saturated heterocycles. The van der Waals surface area contributed by atoms with E-state index in [2.05, 4.69) is 42.7 Å². The zero-order chi connectivity index (χ0) is 16.7. The van der Waals surface area contributed by atoms with Crippen molar-refractivity contribution in [1.82, 2.24) is 5.32 Å². The molecule has 0 aromatic heterocycles. The lowest BCUT2D eigenvalue weighted by Gasteiger charge is -2.18. The average Bonchev–Trinajstić information content (AvgIpc) is 2.60. The fourth-order valence-electron chi connectivity index (χ4n) is 2.46. The van der Waals surface area contributed by atoms with Gasteiger partial charge in [0.1, 0.15) is 0 Å². The Labute approximate surface area is 139 Å². The fourth-order valence-corrected chi connectivity index (χ4v) is 2.46. The minimum atomic E-state index is -0.250. The van der Waals surface area contributed by atoms with Gasteiger partial charge >= 0.3 is 0 Å². The van der Waals surface area contributed by atoms with Crippen molar-refractivity contribution in [3.05, 3.63) is 65.7 Å². The first-order valence-corrected chi connectivity index (χ1v) is 8.29. The first-order chi connectivity index (χ1) is 11.1. The van der Waals surface area contributed by atoms with Crippen LogP contribution < -0.4 is 10.6 Å². The fraction of sp³-hybridized carbons (Fsp3) is 0.350. The number of benzene rings is 2. The van der Waals surface area contributed by atoms with Crippen LogP contribution >= 0.6 is 0 Å². The SMILES string of the molecule is CC[C@H](C)c1ccccc1NC(=O)[C@H](C)NCc1ccccc1. The van der Waals surface area contributed by atoms with Crippen LogP contribution in [-0.4, -0.2) is 11.9 Å². The van der Waals surface area contributed by atoms with Gasteiger partial charge in [-0.1, -0.05) is 62.4 Å². The zero-order valence-electron chi connectivity index (χ0n) is 14.2. The number of anilines is 1. The van der Waals surface area contributed by atoms with Crippen LogP contribution in [0.5, 0.6) is 0 Å². The largest absolute Gasteiger partial charge is 0.324 e. The number of carbonyl (C=O) groups excluding carboxylic acids is 1. The van der Waals surface area contributed by atoms with E-state index < -0.39 is 0 Å². The molecule has 23 heavy (non-hydrogen) atoms. The van der Waals surface area contributed by atoms with Crippen molar-refractivity contribution < 1.29 is 4.79 Å².